The zero-order chi connectivity index (χ0) is 56.3. The summed E-state index contributed by atoms with van der Waals surface area (Å²) in [5.74, 6) is 1.36. The number of rotatable bonds is 6. The minimum Gasteiger partial charge on any atom is -0.456 e. The van der Waals surface area contributed by atoms with Crippen molar-refractivity contribution in [2.45, 2.75) is 0 Å². The highest BCUT2D eigenvalue weighted by atomic mass is 16.3. The molecule has 0 aliphatic rings. The van der Waals surface area contributed by atoms with E-state index in [-0.39, 0.29) is 0 Å². The number of benzene rings is 12. The van der Waals surface area contributed by atoms with Crippen LogP contribution in [0.1, 0.15) is 5.56 Å². The van der Waals surface area contributed by atoms with Gasteiger partial charge in [-0.05, 0) is 78.9 Å². The fourth-order valence-corrected chi connectivity index (χ4v) is 14.0. The lowest BCUT2D eigenvalue weighted by atomic mass is 10.0. The van der Waals surface area contributed by atoms with E-state index in [0.717, 1.165) is 154 Å². The smallest absolute Gasteiger partial charge is 0.166 e. The number of nitrogens with zero attached hydrogens (tertiary/aromatic N) is 7. The van der Waals surface area contributed by atoms with Crippen LogP contribution in [-0.4, -0.2) is 28.7 Å². The molecule has 7 heterocycles. The van der Waals surface area contributed by atoms with E-state index in [1.165, 1.54) is 0 Å². The Hall–Kier alpha value is -12.1. The second-order valence-corrected chi connectivity index (χ2v) is 22.0. The average molecular weight is 1100 g/mol. The van der Waals surface area contributed by atoms with E-state index in [2.05, 4.69) is 165 Å². The second kappa shape index (κ2) is 17.5. The van der Waals surface area contributed by atoms with Crippen molar-refractivity contribution >= 4 is 131 Å². The van der Waals surface area contributed by atoms with Gasteiger partial charge in [-0.1, -0.05) is 170 Å². The van der Waals surface area contributed by atoms with Gasteiger partial charge in [-0.25, -0.2) is 15.0 Å². The molecule has 12 aromatic carbocycles. The molecule has 0 saturated heterocycles. The van der Waals surface area contributed by atoms with Crippen molar-refractivity contribution < 1.29 is 13.3 Å². The summed E-state index contributed by atoms with van der Waals surface area (Å²) >= 11 is 0. The van der Waals surface area contributed by atoms with Crippen molar-refractivity contribution in [2.75, 3.05) is 0 Å². The molecule has 0 spiro atoms. The summed E-state index contributed by atoms with van der Waals surface area (Å²) in [4.78, 5) is 16.3. The molecule has 86 heavy (non-hydrogen) atoms. The van der Waals surface area contributed by atoms with Crippen LogP contribution in [0.15, 0.2) is 262 Å². The molecule has 19 rings (SSSR count). The van der Waals surface area contributed by atoms with Gasteiger partial charge in [-0.2, -0.15) is 5.26 Å². The monoisotopic (exact) mass is 1100 g/mol. The predicted octanol–water partition coefficient (Wildman–Crippen LogP) is 19.7. The Kier molecular flexibility index (Phi) is 9.46. The summed E-state index contributed by atoms with van der Waals surface area (Å²) in [5, 5.41) is 24.6. The zero-order valence-corrected chi connectivity index (χ0v) is 45.5. The fraction of sp³-hybridized carbons (Fsp3) is 0. The van der Waals surface area contributed by atoms with Gasteiger partial charge >= 0.3 is 0 Å². The first-order valence-corrected chi connectivity index (χ1v) is 28.6. The number of nitriles is 1. The van der Waals surface area contributed by atoms with Crippen LogP contribution in [0.3, 0.4) is 0 Å². The minimum atomic E-state index is 0.385. The van der Waals surface area contributed by atoms with Crippen molar-refractivity contribution in [3.05, 3.63) is 254 Å². The van der Waals surface area contributed by atoms with E-state index < -0.39 is 0 Å². The van der Waals surface area contributed by atoms with Gasteiger partial charge in [0, 0.05) is 81.3 Å². The molecule has 19 aromatic rings. The third-order valence-electron chi connectivity index (χ3n) is 17.5. The number of aromatic nitrogens is 6. The first-order valence-electron chi connectivity index (χ1n) is 28.6. The standard InChI is InChI=1S/C76H41N7O3/c77-42-45-41-52(76-79-74(43-19-3-1-4-20-43)78-75(80-76)44-21-5-2-6-22-44)72(82-54-30-14-8-24-47(54)66-57(82)36-39-63-69(66)50-27-11-17-33-60(50)85-63)73(83-55-31-15-9-25-48(55)67-58(83)37-40-64-70(67)51-28-12-18-34-61(51)86-64)71(45)81-53-29-13-7-23-46(53)65-56(81)35-38-62-68(65)49-26-10-16-32-59(49)84-62/h1-41H. The summed E-state index contributed by atoms with van der Waals surface area (Å²) < 4.78 is 27.2. The Morgan fingerprint density at radius 1 is 0.279 bits per heavy atom. The van der Waals surface area contributed by atoms with Gasteiger partial charge in [0.15, 0.2) is 17.5 Å². The van der Waals surface area contributed by atoms with Crippen LogP contribution in [0.4, 0.5) is 0 Å². The summed E-state index contributed by atoms with van der Waals surface area (Å²) in [5.41, 5.74) is 15.0. The summed E-state index contributed by atoms with van der Waals surface area (Å²) in [6.07, 6.45) is 0. The number of fused-ring (bicyclic) bond motifs is 21. The summed E-state index contributed by atoms with van der Waals surface area (Å²) in [6.45, 7) is 0. The van der Waals surface area contributed by atoms with Crippen LogP contribution in [0.25, 0.3) is 182 Å². The van der Waals surface area contributed by atoms with E-state index in [4.69, 9.17) is 28.2 Å². The Balaban J connectivity index is 1.09. The number of hydrogen-bond acceptors (Lipinski definition) is 7. The normalized spacial score (nSPS) is 12.2. The molecule has 0 atom stereocenters. The molecule has 10 nitrogen and oxygen atoms in total. The molecule has 7 aromatic heterocycles. The molecule has 0 aliphatic carbocycles. The maximum atomic E-state index is 12.4. The third-order valence-corrected chi connectivity index (χ3v) is 17.5. The molecular formula is C76H41N7O3. The average Bonchev–Trinajstić information content (AvgIpc) is 2.37. The molecule has 10 heteroatoms. The first-order chi connectivity index (χ1) is 42.6. The fourth-order valence-electron chi connectivity index (χ4n) is 14.0. The predicted molar refractivity (Wildman–Crippen MR) is 346 cm³/mol. The highest BCUT2D eigenvalue weighted by Crippen LogP contribution is 2.51. The SMILES string of the molecule is N#Cc1cc(-c2nc(-c3ccccc3)nc(-c3ccccc3)n2)c(-n2c3ccccc3c3c4c(ccc32)oc2ccccc24)c(-n2c3ccccc3c3c4c(ccc32)oc2ccccc24)c1-n1c2ccccc2c2c3c(ccc21)oc1ccccc13. The molecule has 0 aliphatic heterocycles. The van der Waals surface area contributed by atoms with Crippen molar-refractivity contribution in [3.8, 4) is 57.3 Å². The van der Waals surface area contributed by atoms with Gasteiger partial charge in [0.05, 0.1) is 55.7 Å². The second-order valence-electron chi connectivity index (χ2n) is 22.0. The van der Waals surface area contributed by atoms with E-state index in [1.54, 1.807) is 0 Å². The van der Waals surface area contributed by atoms with Crippen LogP contribution >= 0.6 is 0 Å². The van der Waals surface area contributed by atoms with Crippen LogP contribution < -0.4 is 0 Å². The topological polar surface area (TPSA) is 117 Å². The molecule has 398 valence electrons. The number of hydrogen-bond donors (Lipinski definition) is 0. The highest BCUT2D eigenvalue weighted by Gasteiger charge is 2.33. The highest BCUT2D eigenvalue weighted by molar-refractivity contribution is 6.31. The quantitative estimate of drug-likeness (QED) is 0.163. The zero-order valence-electron chi connectivity index (χ0n) is 45.5. The Morgan fingerprint density at radius 2 is 0.616 bits per heavy atom. The molecule has 0 unspecified atom stereocenters. The lowest BCUT2D eigenvalue weighted by Gasteiger charge is -2.25. The van der Waals surface area contributed by atoms with Crippen molar-refractivity contribution in [1.82, 2.24) is 28.7 Å². The molecule has 0 N–H and O–H groups in total. The molecule has 0 saturated carbocycles. The number of furan rings is 3. The van der Waals surface area contributed by atoms with Gasteiger partial charge in [0.25, 0.3) is 0 Å². The van der Waals surface area contributed by atoms with Gasteiger partial charge in [0.1, 0.15) is 39.6 Å². The molecular weight excluding hydrogens is 1060 g/mol. The van der Waals surface area contributed by atoms with E-state index in [1.807, 2.05) is 103 Å². The van der Waals surface area contributed by atoms with Crippen LogP contribution in [0.2, 0.25) is 0 Å². The lowest BCUT2D eigenvalue weighted by molar-refractivity contribution is 0.669. The van der Waals surface area contributed by atoms with Crippen molar-refractivity contribution in [1.29, 1.82) is 5.26 Å². The molecule has 0 bridgehead atoms. The minimum absolute atomic E-state index is 0.385. The van der Waals surface area contributed by atoms with Crippen LogP contribution in [0.5, 0.6) is 0 Å². The maximum Gasteiger partial charge on any atom is 0.166 e. The van der Waals surface area contributed by atoms with E-state index in [9.17, 15) is 5.26 Å². The van der Waals surface area contributed by atoms with Crippen LogP contribution in [0, 0.1) is 11.3 Å². The Labute approximate surface area is 487 Å². The Morgan fingerprint density at radius 3 is 1.02 bits per heavy atom. The first kappa shape index (κ1) is 46.5. The maximum absolute atomic E-state index is 12.4. The molecule has 0 fully saturated rings. The van der Waals surface area contributed by atoms with E-state index in [0.29, 0.717) is 34.3 Å². The third kappa shape index (κ3) is 6.34. The lowest BCUT2D eigenvalue weighted by Crippen LogP contribution is -2.13. The van der Waals surface area contributed by atoms with Gasteiger partial charge in [-0.15, -0.1) is 0 Å². The molecule has 0 radical (unpaired) electrons. The van der Waals surface area contributed by atoms with Crippen molar-refractivity contribution in [2.24, 2.45) is 0 Å². The van der Waals surface area contributed by atoms with Gasteiger partial charge < -0.3 is 27.0 Å². The summed E-state index contributed by atoms with van der Waals surface area (Å²) in [7, 11) is 0. The van der Waals surface area contributed by atoms with Crippen molar-refractivity contribution in [3.63, 3.8) is 0 Å². The number of para-hydroxylation sites is 6. The van der Waals surface area contributed by atoms with Crippen LogP contribution in [-0.2, 0) is 0 Å². The Bertz CT molecular complexity index is 6110. The van der Waals surface area contributed by atoms with Gasteiger partial charge in [-0.3, -0.25) is 0 Å². The van der Waals surface area contributed by atoms with Gasteiger partial charge in [0.2, 0.25) is 0 Å². The molecule has 0 amide bonds. The summed E-state index contributed by atoms with van der Waals surface area (Å²) in [6, 6.07) is 88.2. The largest absolute Gasteiger partial charge is 0.456 e. The van der Waals surface area contributed by atoms with E-state index >= 15 is 0 Å².